The molecule has 2 N–H and O–H groups in total. The van der Waals surface area contributed by atoms with Gasteiger partial charge in [0.15, 0.2) is 0 Å². The maximum Gasteiger partial charge on any atom is 0.264 e. The minimum absolute atomic E-state index is 0. The maximum absolute atomic E-state index is 12.6. The third kappa shape index (κ3) is 4.51. The lowest BCUT2D eigenvalue weighted by Crippen LogP contribution is -2.51. The summed E-state index contributed by atoms with van der Waals surface area (Å²) < 4.78 is 7.48. The summed E-state index contributed by atoms with van der Waals surface area (Å²) in [7, 11) is 1.56. The van der Waals surface area contributed by atoms with E-state index in [0.29, 0.717) is 39.1 Å². The van der Waals surface area contributed by atoms with E-state index in [9.17, 15) is 9.59 Å². The summed E-state index contributed by atoms with van der Waals surface area (Å²) in [5, 5.41) is 2.04. The molecule has 138 valence electrons. The molecule has 25 heavy (non-hydrogen) atoms. The minimum atomic E-state index is -0.240. The predicted octanol–water partition coefficient (Wildman–Crippen LogP) is 2.03. The first-order chi connectivity index (χ1) is 11.6. The van der Waals surface area contributed by atoms with Crippen molar-refractivity contribution in [2.24, 2.45) is 5.73 Å². The van der Waals surface area contributed by atoms with Crippen LogP contribution >= 0.6 is 35.1 Å². The first-order valence-electron chi connectivity index (χ1n) is 7.89. The van der Waals surface area contributed by atoms with Gasteiger partial charge in [0.05, 0.1) is 17.4 Å². The minimum Gasteiger partial charge on any atom is -0.380 e. The molecule has 9 heteroatoms. The number of hydrogen-bond acceptors (Lipinski definition) is 6. The van der Waals surface area contributed by atoms with E-state index in [2.05, 4.69) is 0 Å². The molecular weight excluding hydrogens is 382 g/mol. The van der Waals surface area contributed by atoms with E-state index in [1.807, 2.05) is 22.4 Å². The normalized spacial score (nSPS) is 15.9. The summed E-state index contributed by atoms with van der Waals surface area (Å²) in [5.41, 5.74) is 5.56. The number of carbonyl (C=O) groups is 2. The Kier molecular flexibility index (Phi) is 7.21. The average Bonchev–Trinajstić information content (AvgIpc) is 3.20. The molecule has 1 saturated heterocycles. The number of ether oxygens (including phenoxy) is 1. The number of carbonyl (C=O) groups excluding carboxylic acids is 2. The summed E-state index contributed by atoms with van der Waals surface area (Å²) in [5.74, 6) is 0.100. The molecule has 1 atom stereocenters. The number of methoxy groups -OCH3 is 1. The second-order valence-electron chi connectivity index (χ2n) is 5.73. The standard InChI is InChI=1S/C16H21N3O3S2.ClH/c1-22-11(10-17)8-15(20)18-3-5-19(6-4-18)16(21)14-9-13-12(24-14)2-7-23-13;/h2,7,9,11H,3-6,8,10,17H2,1H3;1H. The highest BCUT2D eigenvalue weighted by Crippen LogP contribution is 2.30. The fourth-order valence-electron chi connectivity index (χ4n) is 2.77. The van der Waals surface area contributed by atoms with Crippen molar-refractivity contribution in [3.8, 4) is 0 Å². The second kappa shape index (κ2) is 8.95. The zero-order chi connectivity index (χ0) is 17.1. The van der Waals surface area contributed by atoms with Gasteiger partial charge in [-0.1, -0.05) is 0 Å². The molecule has 2 amide bonds. The van der Waals surface area contributed by atoms with Crippen LogP contribution in [-0.2, 0) is 9.53 Å². The summed E-state index contributed by atoms with van der Waals surface area (Å²) >= 11 is 3.19. The Morgan fingerprint density at radius 3 is 2.52 bits per heavy atom. The molecular formula is C16H22ClN3O3S2. The van der Waals surface area contributed by atoms with Gasteiger partial charge in [-0.3, -0.25) is 9.59 Å². The van der Waals surface area contributed by atoms with Crippen LogP contribution in [0.2, 0.25) is 0 Å². The molecule has 1 aliphatic rings. The van der Waals surface area contributed by atoms with Gasteiger partial charge < -0.3 is 20.3 Å². The van der Waals surface area contributed by atoms with Crippen molar-refractivity contribution in [1.29, 1.82) is 0 Å². The fraction of sp³-hybridized carbons (Fsp3) is 0.500. The summed E-state index contributed by atoms with van der Waals surface area (Å²) in [6, 6.07) is 4.01. The molecule has 3 rings (SSSR count). The van der Waals surface area contributed by atoms with Crippen molar-refractivity contribution in [1.82, 2.24) is 9.80 Å². The lowest BCUT2D eigenvalue weighted by molar-refractivity contribution is -0.135. The maximum atomic E-state index is 12.6. The molecule has 2 aromatic heterocycles. The Morgan fingerprint density at radius 2 is 1.92 bits per heavy atom. The van der Waals surface area contributed by atoms with Crippen LogP contribution < -0.4 is 5.73 Å². The molecule has 2 aromatic rings. The third-order valence-corrected chi connectivity index (χ3v) is 6.35. The highest BCUT2D eigenvalue weighted by Gasteiger charge is 2.26. The average molecular weight is 404 g/mol. The van der Waals surface area contributed by atoms with Gasteiger partial charge in [-0.2, -0.15) is 0 Å². The Bertz CT molecular complexity index is 693. The van der Waals surface area contributed by atoms with E-state index in [0.717, 1.165) is 14.3 Å². The molecule has 1 unspecified atom stereocenters. The molecule has 0 spiro atoms. The molecule has 0 bridgehead atoms. The molecule has 0 radical (unpaired) electrons. The van der Waals surface area contributed by atoms with Crippen LogP contribution in [0.1, 0.15) is 16.1 Å². The smallest absolute Gasteiger partial charge is 0.264 e. The Hall–Kier alpha value is -1.19. The first-order valence-corrected chi connectivity index (χ1v) is 9.59. The van der Waals surface area contributed by atoms with Crippen LogP contribution in [0.5, 0.6) is 0 Å². The van der Waals surface area contributed by atoms with E-state index < -0.39 is 0 Å². The molecule has 1 fully saturated rings. The number of thiophene rings is 2. The number of fused-ring (bicyclic) bond motifs is 1. The molecule has 0 aliphatic carbocycles. The number of rotatable bonds is 5. The summed E-state index contributed by atoms with van der Waals surface area (Å²) in [6.45, 7) is 2.58. The zero-order valence-corrected chi connectivity index (χ0v) is 16.4. The van der Waals surface area contributed by atoms with Gasteiger partial charge >= 0.3 is 0 Å². The monoisotopic (exact) mass is 403 g/mol. The molecule has 0 saturated carbocycles. The number of nitrogens with two attached hydrogens (primary N) is 1. The lowest BCUT2D eigenvalue weighted by atomic mass is 10.2. The van der Waals surface area contributed by atoms with E-state index in [1.54, 1.807) is 23.3 Å². The SMILES string of the molecule is COC(CN)CC(=O)N1CCN(C(=O)c2cc3sccc3s2)CC1.Cl. The van der Waals surface area contributed by atoms with Crippen molar-refractivity contribution in [3.63, 3.8) is 0 Å². The van der Waals surface area contributed by atoms with Gasteiger partial charge in [-0.15, -0.1) is 35.1 Å². The predicted molar refractivity (Wildman–Crippen MR) is 104 cm³/mol. The van der Waals surface area contributed by atoms with Crippen LogP contribution in [0.15, 0.2) is 17.5 Å². The van der Waals surface area contributed by atoms with Gasteiger partial charge in [0, 0.05) is 49.2 Å². The lowest BCUT2D eigenvalue weighted by Gasteiger charge is -2.35. The number of halogens is 1. The van der Waals surface area contributed by atoms with Crippen molar-refractivity contribution >= 4 is 56.3 Å². The molecule has 1 aliphatic heterocycles. The quantitative estimate of drug-likeness (QED) is 0.828. The van der Waals surface area contributed by atoms with Gasteiger partial charge in [-0.05, 0) is 17.5 Å². The Labute approximate surface area is 160 Å². The van der Waals surface area contributed by atoms with E-state index >= 15 is 0 Å². The molecule has 6 nitrogen and oxygen atoms in total. The molecule has 3 heterocycles. The highest BCUT2D eigenvalue weighted by atomic mass is 35.5. The van der Waals surface area contributed by atoms with Gasteiger partial charge in [0.25, 0.3) is 5.91 Å². The van der Waals surface area contributed by atoms with E-state index in [1.165, 1.54) is 11.3 Å². The fourth-order valence-corrected chi connectivity index (χ4v) is 4.85. The number of nitrogens with zero attached hydrogens (tertiary/aromatic N) is 2. The van der Waals surface area contributed by atoms with Crippen molar-refractivity contribution in [2.75, 3.05) is 39.8 Å². The van der Waals surface area contributed by atoms with Gasteiger partial charge in [0.1, 0.15) is 0 Å². The number of amides is 2. The second-order valence-corrected chi connectivity index (χ2v) is 7.76. The number of piperazine rings is 1. The summed E-state index contributed by atoms with van der Waals surface area (Å²) in [4.78, 5) is 29.3. The van der Waals surface area contributed by atoms with Crippen LogP contribution in [0.25, 0.3) is 9.40 Å². The van der Waals surface area contributed by atoms with Gasteiger partial charge in [0.2, 0.25) is 5.91 Å². The topological polar surface area (TPSA) is 75.9 Å². The van der Waals surface area contributed by atoms with Crippen molar-refractivity contribution in [3.05, 3.63) is 22.4 Å². The van der Waals surface area contributed by atoms with Crippen molar-refractivity contribution in [2.45, 2.75) is 12.5 Å². The molecule has 0 aromatic carbocycles. The van der Waals surface area contributed by atoms with E-state index in [-0.39, 0.29) is 30.3 Å². The number of hydrogen-bond donors (Lipinski definition) is 1. The van der Waals surface area contributed by atoms with Crippen LogP contribution in [0.4, 0.5) is 0 Å². The Morgan fingerprint density at radius 1 is 1.24 bits per heavy atom. The van der Waals surface area contributed by atoms with Gasteiger partial charge in [-0.25, -0.2) is 0 Å². The largest absolute Gasteiger partial charge is 0.380 e. The highest BCUT2D eigenvalue weighted by molar-refractivity contribution is 7.27. The zero-order valence-electron chi connectivity index (χ0n) is 14.0. The third-order valence-electron chi connectivity index (χ3n) is 4.27. The van der Waals surface area contributed by atoms with E-state index in [4.69, 9.17) is 10.5 Å². The Balaban J connectivity index is 0.00000225. The van der Waals surface area contributed by atoms with Crippen molar-refractivity contribution < 1.29 is 14.3 Å². The summed E-state index contributed by atoms with van der Waals surface area (Å²) in [6.07, 6.45) is 0.0542. The first kappa shape index (κ1) is 20.1. The van der Waals surface area contributed by atoms with Crippen LogP contribution in [0.3, 0.4) is 0 Å². The van der Waals surface area contributed by atoms with Crippen LogP contribution in [-0.4, -0.2) is 67.6 Å². The van der Waals surface area contributed by atoms with Crippen LogP contribution in [0, 0.1) is 0 Å².